The Hall–Kier alpha value is -0.570. The Bertz CT molecular complexity index is 141. The summed E-state index contributed by atoms with van der Waals surface area (Å²) in [5, 5.41) is 2.83. The first-order valence-electron chi connectivity index (χ1n) is 4.44. The molecule has 0 aliphatic heterocycles. The zero-order valence-corrected chi connectivity index (χ0v) is 8.72. The average Bonchev–Trinajstić information content (AvgIpc) is 1.85. The van der Waals surface area contributed by atoms with Gasteiger partial charge in [0, 0.05) is 7.97 Å². The van der Waals surface area contributed by atoms with Crippen LogP contribution in [0.4, 0.5) is 0 Å². The Morgan fingerprint density at radius 1 is 1.50 bits per heavy atom. The van der Waals surface area contributed by atoms with Crippen molar-refractivity contribution in [2.24, 2.45) is 5.92 Å². The van der Waals surface area contributed by atoms with Crippen molar-refractivity contribution in [1.82, 2.24) is 10.2 Å². The minimum atomic E-state index is -0.00931. The van der Waals surface area contributed by atoms with Crippen molar-refractivity contribution in [3.63, 3.8) is 0 Å². The Labute approximate surface area is 76.6 Å². The molecule has 0 aromatic rings. The molecule has 3 nitrogen and oxygen atoms in total. The van der Waals surface area contributed by atoms with E-state index >= 15 is 0 Å². The minimum Gasteiger partial charge on any atom is -0.355 e. The smallest absolute Gasteiger partial charge is 0.237 e. The average molecular weight is 174 g/mol. The van der Waals surface area contributed by atoms with Crippen molar-refractivity contribution in [2.75, 3.05) is 20.6 Å². The molecule has 0 bridgehead atoms. The Morgan fingerprint density at radius 2 is 2.00 bits per heavy atom. The quantitative estimate of drug-likeness (QED) is 0.688. The predicted octanol–water partition coefficient (Wildman–Crippen LogP) is 0.955. The van der Waals surface area contributed by atoms with Crippen LogP contribution in [0.3, 0.4) is 0 Å². The molecule has 1 N–H and O–H groups in total. The number of hydrogen-bond acceptors (Lipinski definition) is 2. The maximum absolute atomic E-state index is 11.5. The lowest BCUT2D eigenvalue weighted by Crippen LogP contribution is -2.46. The number of hydrogen-bond donors (Lipinski definition) is 1. The molecule has 0 unspecified atom stereocenters. The number of nitrogens with one attached hydrogen (secondary N) is 1. The van der Waals surface area contributed by atoms with Crippen LogP contribution in [0.25, 0.3) is 0 Å². The molecule has 0 rings (SSSR count). The van der Waals surface area contributed by atoms with E-state index in [4.69, 9.17) is 0 Å². The summed E-state index contributed by atoms with van der Waals surface area (Å²) in [5.74, 6) is 0.476. The Balaban J connectivity index is 0. The molecule has 0 aliphatic carbocycles. The number of rotatable bonds is 4. The predicted molar refractivity (Wildman–Crippen MR) is 53.1 cm³/mol. The van der Waals surface area contributed by atoms with E-state index in [2.05, 4.69) is 19.2 Å². The maximum Gasteiger partial charge on any atom is 0.237 e. The van der Waals surface area contributed by atoms with Crippen molar-refractivity contribution in [3.05, 3.63) is 0 Å². The van der Waals surface area contributed by atoms with Gasteiger partial charge in [0.15, 0.2) is 0 Å². The highest BCUT2D eigenvalue weighted by Gasteiger charge is 2.22. The van der Waals surface area contributed by atoms with Gasteiger partial charge in [-0.1, -0.05) is 13.8 Å². The zero-order chi connectivity index (χ0) is 9.72. The molecule has 0 aliphatic rings. The highest BCUT2D eigenvalue weighted by atomic mass is 16.2. The second-order valence-electron chi connectivity index (χ2n) is 3.55. The Kier molecular flexibility index (Phi) is 4.90. The normalized spacial score (nSPS) is 13.6. The third-order valence-electron chi connectivity index (χ3n) is 1.81. The zero-order valence-electron chi connectivity index (χ0n) is 8.72. The Morgan fingerprint density at radius 3 is 2.25 bits per heavy atom. The highest BCUT2D eigenvalue weighted by molar-refractivity contribution is 5.81. The monoisotopic (exact) mass is 174 g/mol. The molecule has 0 fully saturated rings. The third-order valence-corrected chi connectivity index (χ3v) is 1.81. The summed E-state index contributed by atoms with van der Waals surface area (Å²) in [6, 6.07) is -0.00931. The molecule has 0 heterocycles. The van der Waals surface area contributed by atoms with Gasteiger partial charge in [0.1, 0.15) is 0 Å². The topological polar surface area (TPSA) is 32.3 Å². The van der Waals surface area contributed by atoms with Gasteiger partial charge in [-0.25, -0.2) is 0 Å². The van der Waals surface area contributed by atoms with Crippen LogP contribution >= 0.6 is 0 Å². The molecular weight excluding hydrogens is 152 g/mol. The molecule has 0 radical (unpaired) electrons. The molecule has 0 saturated heterocycles. The van der Waals surface area contributed by atoms with Gasteiger partial charge >= 0.3 is 0 Å². The van der Waals surface area contributed by atoms with E-state index in [9.17, 15) is 4.79 Å². The number of amides is 1. The molecule has 0 aromatic carbocycles. The molecule has 1 atom stereocenters. The van der Waals surface area contributed by atoms with Crippen molar-refractivity contribution in [1.29, 1.82) is 0 Å². The summed E-state index contributed by atoms with van der Waals surface area (Å²) in [5.41, 5.74) is 0. The standard InChI is InChI=1S/C9H20N2O.H2/c1-6-10-9(12)8(7(2)3)11(4)5;/h7-8H,6H2,1-5H3,(H,10,12);1H/t8-;/m0./s1. The van der Waals surface area contributed by atoms with Crippen LogP contribution in [0.2, 0.25) is 0 Å². The summed E-state index contributed by atoms with van der Waals surface area (Å²) in [6.45, 7) is 6.75. The van der Waals surface area contributed by atoms with Gasteiger partial charge in [0.05, 0.1) is 6.04 Å². The molecule has 74 valence electrons. The number of carbonyl (C=O) groups is 1. The first kappa shape index (κ1) is 11.4. The lowest BCUT2D eigenvalue weighted by molar-refractivity contribution is -0.126. The molecule has 0 aromatic heterocycles. The van der Waals surface area contributed by atoms with Crippen LogP contribution in [0.5, 0.6) is 0 Å². The molecule has 3 heteroatoms. The molecule has 1 amide bonds. The molecular formula is C9H22N2O. The van der Waals surface area contributed by atoms with Gasteiger partial charge in [-0.05, 0) is 26.9 Å². The van der Waals surface area contributed by atoms with Crippen molar-refractivity contribution in [3.8, 4) is 0 Å². The van der Waals surface area contributed by atoms with E-state index in [1.807, 2.05) is 25.9 Å². The van der Waals surface area contributed by atoms with E-state index in [0.717, 1.165) is 0 Å². The molecule has 0 spiro atoms. The number of carbonyl (C=O) groups excluding carboxylic acids is 1. The van der Waals surface area contributed by atoms with Gasteiger partial charge in [-0.3, -0.25) is 9.69 Å². The summed E-state index contributed by atoms with van der Waals surface area (Å²) in [4.78, 5) is 13.4. The van der Waals surface area contributed by atoms with E-state index < -0.39 is 0 Å². The van der Waals surface area contributed by atoms with E-state index in [0.29, 0.717) is 12.5 Å². The summed E-state index contributed by atoms with van der Waals surface area (Å²) >= 11 is 0. The largest absolute Gasteiger partial charge is 0.355 e. The SMILES string of the molecule is CCNC(=O)[C@H](C(C)C)N(C)C.[HH]. The maximum atomic E-state index is 11.5. The van der Waals surface area contributed by atoms with Gasteiger partial charge in [-0.2, -0.15) is 0 Å². The number of likely N-dealkylation sites (N-methyl/N-ethyl adjacent to an activating group) is 2. The van der Waals surface area contributed by atoms with Gasteiger partial charge in [0.25, 0.3) is 0 Å². The molecule has 0 saturated carbocycles. The fraction of sp³-hybridized carbons (Fsp3) is 0.889. The van der Waals surface area contributed by atoms with Gasteiger partial charge in [-0.15, -0.1) is 0 Å². The van der Waals surface area contributed by atoms with Gasteiger partial charge in [0.2, 0.25) is 5.91 Å². The van der Waals surface area contributed by atoms with Gasteiger partial charge < -0.3 is 5.32 Å². The van der Waals surface area contributed by atoms with Crippen molar-refractivity contribution < 1.29 is 6.22 Å². The van der Waals surface area contributed by atoms with Crippen LogP contribution in [0, 0.1) is 5.92 Å². The van der Waals surface area contributed by atoms with Crippen molar-refractivity contribution in [2.45, 2.75) is 26.8 Å². The van der Waals surface area contributed by atoms with Crippen LogP contribution in [-0.4, -0.2) is 37.5 Å². The fourth-order valence-electron chi connectivity index (χ4n) is 1.41. The number of nitrogens with zero attached hydrogens (tertiary/aromatic N) is 1. The van der Waals surface area contributed by atoms with Crippen molar-refractivity contribution >= 4 is 5.91 Å². The molecule has 12 heavy (non-hydrogen) atoms. The van der Waals surface area contributed by atoms with E-state index in [-0.39, 0.29) is 13.4 Å². The lowest BCUT2D eigenvalue weighted by atomic mass is 10.0. The fourth-order valence-corrected chi connectivity index (χ4v) is 1.41. The van der Waals surface area contributed by atoms with Crippen LogP contribution in [0.1, 0.15) is 22.2 Å². The third kappa shape index (κ3) is 3.22. The minimum absolute atomic E-state index is 0. The van der Waals surface area contributed by atoms with Crippen LogP contribution in [0.15, 0.2) is 0 Å². The summed E-state index contributed by atoms with van der Waals surface area (Å²) in [7, 11) is 3.86. The van der Waals surface area contributed by atoms with E-state index in [1.165, 1.54) is 0 Å². The van der Waals surface area contributed by atoms with E-state index in [1.54, 1.807) is 0 Å². The first-order valence-corrected chi connectivity index (χ1v) is 4.44. The summed E-state index contributed by atoms with van der Waals surface area (Å²) in [6.07, 6.45) is 0. The van der Waals surface area contributed by atoms with Crippen LogP contribution < -0.4 is 5.32 Å². The summed E-state index contributed by atoms with van der Waals surface area (Å²) < 4.78 is 0. The van der Waals surface area contributed by atoms with Crippen LogP contribution in [-0.2, 0) is 4.79 Å². The first-order chi connectivity index (χ1) is 5.50. The highest BCUT2D eigenvalue weighted by Crippen LogP contribution is 2.06. The second kappa shape index (κ2) is 5.14. The lowest BCUT2D eigenvalue weighted by Gasteiger charge is -2.26. The second-order valence-corrected chi connectivity index (χ2v) is 3.55.